The minimum Gasteiger partial charge on any atom is -0.302 e. The van der Waals surface area contributed by atoms with Crippen molar-refractivity contribution in [1.29, 1.82) is 0 Å². The molecule has 0 bridgehead atoms. The Kier molecular flexibility index (Phi) is 6.50. The van der Waals surface area contributed by atoms with Crippen LogP contribution in [0.15, 0.2) is 39.9 Å². The summed E-state index contributed by atoms with van der Waals surface area (Å²) in [5.74, 6) is -0.357. The lowest BCUT2D eigenvalue weighted by atomic mass is 9.97. The molecule has 1 fully saturated rings. The summed E-state index contributed by atoms with van der Waals surface area (Å²) in [4.78, 5) is 17.3. The molecule has 0 unspecified atom stereocenters. The first-order chi connectivity index (χ1) is 14.7. The molecule has 0 aliphatic carbocycles. The van der Waals surface area contributed by atoms with Crippen LogP contribution in [-0.4, -0.2) is 36.7 Å². The number of anilines is 1. The van der Waals surface area contributed by atoms with E-state index in [4.69, 9.17) is 11.6 Å². The molecule has 1 aromatic carbocycles. The van der Waals surface area contributed by atoms with E-state index in [1.165, 1.54) is 21.7 Å². The lowest BCUT2D eigenvalue weighted by Gasteiger charge is -2.29. The predicted octanol–water partition coefficient (Wildman–Crippen LogP) is 5.18. The molecule has 2 aromatic heterocycles. The Morgan fingerprint density at radius 1 is 1.19 bits per heavy atom. The van der Waals surface area contributed by atoms with Crippen molar-refractivity contribution in [3.8, 4) is 11.3 Å². The summed E-state index contributed by atoms with van der Waals surface area (Å²) in [7, 11) is -3.56. The van der Waals surface area contributed by atoms with E-state index in [0.717, 1.165) is 33.7 Å². The molecule has 1 amide bonds. The first-order valence-electron chi connectivity index (χ1n) is 9.83. The second-order valence-electron chi connectivity index (χ2n) is 7.58. The minimum absolute atomic E-state index is 0.113. The van der Waals surface area contributed by atoms with Gasteiger partial charge in [-0.1, -0.05) is 29.3 Å². The summed E-state index contributed by atoms with van der Waals surface area (Å²) in [6, 6.07) is 9.33. The van der Waals surface area contributed by atoms with Crippen molar-refractivity contribution in [2.45, 2.75) is 30.9 Å². The number of aromatic nitrogens is 1. The number of halogens is 1. The normalized spacial score (nSPS) is 15.8. The van der Waals surface area contributed by atoms with Gasteiger partial charge in [0, 0.05) is 30.0 Å². The fraction of sp³-hybridized carbons (Fsp3) is 0.333. The quantitative estimate of drug-likeness (QED) is 0.528. The van der Waals surface area contributed by atoms with Crippen molar-refractivity contribution in [2.75, 3.05) is 18.4 Å². The molecule has 1 aliphatic rings. The van der Waals surface area contributed by atoms with Crippen LogP contribution >= 0.6 is 34.3 Å². The number of thiophene rings is 1. The molecule has 1 N–H and O–H groups in total. The predicted molar refractivity (Wildman–Crippen MR) is 126 cm³/mol. The highest BCUT2D eigenvalue weighted by atomic mass is 35.5. The number of thiazole rings is 1. The zero-order chi connectivity index (χ0) is 22.2. The smallest absolute Gasteiger partial charge is 0.252 e. The van der Waals surface area contributed by atoms with Crippen molar-refractivity contribution in [2.24, 2.45) is 5.92 Å². The third kappa shape index (κ3) is 4.85. The summed E-state index contributed by atoms with van der Waals surface area (Å²) < 4.78 is 27.6. The average Bonchev–Trinajstić information content (AvgIpc) is 3.39. The number of piperidine rings is 1. The van der Waals surface area contributed by atoms with Gasteiger partial charge in [-0.15, -0.1) is 22.7 Å². The second kappa shape index (κ2) is 8.99. The third-order valence-corrected chi connectivity index (χ3v) is 9.73. The molecule has 0 atom stereocenters. The van der Waals surface area contributed by atoms with Crippen LogP contribution in [0, 0.1) is 19.8 Å². The van der Waals surface area contributed by atoms with Gasteiger partial charge in [-0.3, -0.25) is 4.79 Å². The molecule has 3 heterocycles. The number of carbonyl (C=O) groups excluding carboxylic acids is 1. The Balaban J connectivity index is 1.38. The maximum absolute atomic E-state index is 12.7. The van der Waals surface area contributed by atoms with Crippen LogP contribution in [-0.2, 0) is 14.8 Å². The number of hydrogen-bond acceptors (Lipinski definition) is 6. The van der Waals surface area contributed by atoms with E-state index in [1.807, 2.05) is 19.2 Å². The van der Waals surface area contributed by atoms with Gasteiger partial charge >= 0.3 is 0 Å². The Labute approximate surface area is 194 Å². The van der Waals surface area contributed by atoms with Crippen molar-refractivity contribution in [1.82, 2.24) is 9.29 Å². The number of sulfonamides is 1. The molecule has 4 rings (SSSR count). The first-order valence-corrected chi connectivity index (χ1v) is 13.3. The highest BCUT2D eigenvalue weighted by molar-refractivity contribution is 7.91. The second-order valence-corrected chi connectivity index (χ2v) is 12.3. The van der Waals surface area contributed by atoms with Gasteiger partial charge in [0.2, 0.25) is 5.91 Å². The molecule has 0 spiro atoms. The number of nitrogens with one attached hydrogen (secondary N) is 1. The minimum atomic E-state index is -3.56. The maximum Gasteiger partial charge on any atom is 0.252 e. The lowest BCUT2D eigenvalue weighted by Crippen LogP contribution is -2.41. The van der Waals surface area contributed by atoms with Gasteiger partial charge in [-0.2, -0.15) is 4.31 Å². The highest BCUT2D eigenvalue weighted by Crippen LogP contribution is 2.32. The topological polar surface area (TPSA) is 79.4 Å². The molecule has 6 nitrogen and oxygen atoms in total. The van der Waals surface area contributed by atoms with Crippen LogP contribution in [0.25, 0.3) is 11.3 Å². The maximum atomic E-state index is 12.7. The number of rotatable bonds is 5. The Bertz CT molecular complexity index is 1210. The third-order valence-electron chi connectivity index (χ3n) is 5.37. The van der Waals surface area contributed by atoms with Gasteiger partial charge in [0.05, 0.1) is 10.0 Å². The number of benzene rings is 1. The van der Waals surface area contributed by atoms with Gasteiger partial charge in [-0.05, 0) is 50.5 Å². The van der Waals surface area contributed by atoms with Gasteiger partial charge < -0.3 is 5.32 Å². The van der Waals surface area contributed by atoms with E-state index in [-0.39, 0.29) is 16.0 Å². The Morgan fingerprint density at radius 3 is 2.61 bits per heavy atom. The number of aryl methyl sites for hydroxylation is 2. The number of nitrogens with zero attached hydrogens (tertiary/aromatic N) is 2. The molecular formula is C21H22ClN3O3S3. The number of amides is 1. The molecule has 164 valence electrons. The van der Waals surface area contributed by atoms with E-state index in [1.54, 1.807) is 6.07 Å². The van der Waals surface area contributed by atoms with Crippen LogP contribution in [0.4, 0.5) is 5.13 Å². The zero-order valence-corrected chi connectivity index (χ0v) is 20.3. The molecular weight excluding hydrogens is 474 g/mol. The molecule has 1 saturated heterocycles. The Morgan fingerprint density at radius 2 is 1.94 bits per heavy atom. The van der Waals surface area contributed by atoms with Gasteiger partial charge in [0.25, 0.3) is 10.0 Å². The fourth-order valence-corrected chi connectivity index (χ4v) is 7.42. The van der Waals surface area contributed by atoms with Gasteiger partial charge in [0.15, 0.2) is 5.13 Å². The standard InChI is InChI=1S/C21H22ClN3O3S3/c1-13-3-4-14(2)16(11-13)17-12-29-21(23-17)24-20(26)15-7-9-25(10-8-15)31(27,28)19-6-5-18(22)30-19/h3-6,11-12,15H,7-10H2,1-2H3,(H,23,24,26). The monoisotopic (exact) mass is 495 g/mol. The SMILES string of the molecule is Cc1ccc(C)c(-c2csc(NC(=O)C3CCN(S(=O)(=O)c4ccc(Cl)s4)CC3)n2)c1. The van der Waals surface area contributed by atoms with Crippen LogP contribution in [0.3, 0.4) is 0 Å². The summed E-state index contributed by atoms with van der Waals surface area (Å²) in [5.41, 5.74) is 4.20. The molecule has 10 heteroatoms. The molecule has 0 radical (unpaired) electrons. The van der Waals surface area contributed by atoms with E-state index < -0.39 is 10.0 Å². The average molecular weight is 496 g/mol. The van der Waals surface area contributed by atoms with Crippen LogP contribution in [0.2, 0.25) is 4.34 Å². The van der Waals surface area contributed by atoms with Crippen molar-refractivity contribution < 1.29 is 13.2 Å². The number of hydrogen-bond donors (Lipinski definition) is 1. The summed E-state index contributed by atoms with van der Waals surface area (Å²) in [5, 5.41) is 5.41. The number of carbonyl (C=O) groups is 1. The van der Waals surface area contributed by atoms with Crippen molar-refractivity contribution in [3.05, 3.63) is 51.2 Å². The summed E-state index contributed by atoms with van der Waals surface area (Å²) in [6.45, 7) is 4.69. The highest BCUT2D eigenvalue weighted by Gasteiger charge is 2.33. The molecule has 1 aliphatic heterocycles. The summed E-state index contributed by atoms with van der Waals surface area (Å²) >= 11 is 8.33. The van der Waals surface area contributed by atoms with Gasteiger partial charge in [-0.25, -0.2) is 13.4 Å². The van der Waals surface area contributed by atoms with Crippen molar-refractivity contribution in [3.63, 3.8) is 0 Å². The van der Waals surface area contributed by atoms with E-state index in [2.05, 4.69) is 28.5 Å². The summed E-state index contributed by atoms with van der Waals surface area (Å²) in [6.07, 6.45) is 0.943. The van der Waals surface area contributed by atoms with E-state index in [0.29, 0.717) is 35.4 Å². The van der Waals surface area contributed by atoms with Crippen LogP contribution < -0.4 is 5.32 Å². The zero-order valence-electron chi connectivity index (χ0n) is 17.1. The van der Waals surface area contributed by atoms with Crippen LogP contribution in [0.1, 0.15) is 24.0 Å². The fourth-order valence-electron chi connectivity index (χ4n) is 3.60. The Hall–Kier alpha value is -1.78. The first kappa shape index (κ1) is 22.4. The molecule has 0 saturated carbocycles. The molecule has 31 heavy (non-hydrogen) atoms. The lowest BCUT2D eigenvalue weighted by molar-refractivity contribution is -0.120. The van der Waals surface area contributed by atoms with Gasteiger partial charge in [0.1, 0.15) is 4.21 Å². The molecule has 3 aromatic rings. The van der Waals surface area contributed by atoms with E-state index in [9.17, 15) is 13.2 Å². The van der Waals surface area contributed by atoms with E-state index >= 15 is 0 Å². The van der Waals surface area contributed by atoms with Crippen molar-refractivity contribution >= 4 is 55.3 Å². The largest absolute Gasteiger partial charge is 0.302 e. The van der Waals surface area contributed by atoms with Crippen LogP contribution in [0.5, 0.6) is 0 Å².